The molecule has 1 saturated carbocycles. The Balaban J connectivity index is 1.19. The molecule has 57 heavy (non-hydrogen) atoms. The quantitative estimate of drug-likeness (QED) is 0.0811. The summed E-state index contributed by atoms with van der Waals surface area (Å²) in [5.41, 5.74) is 15.1. The highest BCUT2D eigenvalue weighted by atomic mass is 16.7. The predicted molar refractivity (Wildman–Crippen MR) is 192 cm³/mol. The highest BCUT2D eigenvalue weighted by Crippen LogP contribution is 2.64. The number of ketones is 1. The number of carboxylic acid groups (broad SMARTS) is 1. The van der Waals surface area contributed by atoms with Gasteiger partial charge in [0.1, 0.15) is 78.4 Å². The van der Waals surface area contributed by atoms with Gasteiger partial charge in [0, 0.05) is 41.8 Å². The first-order chi connectivity index (χ1) is 27.3. The van der Waals surface area contributed by atoms with Gasteiger partial charge < -0.3 is 69.8 Å². The smallest absolute Gasteiger partial charge is 0.311 e. The molecule has 2 aromatic rings. The van der Waals surface area contributed by atoms with Crippen molar-refractivity contribution in [3.8, 4) is 28.7 Å². The van der Waals surface area contributed by atoms with Crippen LogP contribution in [0.5, 0.6) is 28.7 Å². The van der Waals surface area contributed by atoms with E-state index in [0.29, 0.717) is 61.8 Å². The Morgan fingerprint density at radius 2 is 1.86 bits per heavy atom. The number of aliphatic hydroxyl groups is 3. The van der Waals surface area contributed by atoms with Crippen LogP contribution in [0.3, 0.4) is 0 Å². The van der Waals surface area contributed by atoms with Gasteiger partial charge in [-0.2, -0.15) is 0 Å². The van der Waals surface area contributed by atoms with Crippen molar-refractivity contribution in [2.75, 3.05) is 20.8 Å². The van der Waals surface area contributed by atoms with E-state index >= 15 is 0 Å². The van der Waals surface area contributed by atoms with E-state index < -0.39 is 73.0 Å². The van der Waals surface area contributed by atoms with Crippen molar-refractivity contribution in [3.63, 3.8) is 0 Å². The number of ether oxygens (including phenoxy) is 7. The summed E-state index contributed by atoms with van der Waals surface area (Å²) in [5.74, 6) is -1.24. The largest absolute Gasteiger partial charge is 0.550 e. The Hall–Kier alpha value is -5.08. The SMILES string of the molecule is COc1ccc2c(c1OC)O[C@@H]1c3c(C[NH+]4C=C5C=CN=C5C4)cc(O[C@H]4O[C@H]([C@H](OC(=O)CC(=O)[O-])C(N)N)[C@@H](O)[C@H](O)[C@H]4O)cc3OC3(CCC(=O)CC3)[C@@H]21. The number of fused-ring (bicyclic) bond motifs is 7. The van der Waals surface area contributed by atoms with Crippen molar-refractivity contribution in [3.05, 3.63) is 65.0 Å². The molecular weight excluding hydrogens is 748 g/mol. The van der Waals surface area contributed by atoms with Gasteiger partial charge in [0.25, 0.3) is 0 Å². The fourth-order valence-electron chi connectivity index (χ4n) is 8.90. The van der Waals surface area contributed by atoms with Crippen LogP contribution < -0.4 is 45.2 Å². The molecule has 0 amide bonds. The fraction of sp³-hybridized carbons (Fsp3) is 0.487. The highest BCUT2D eigenvalue weighted by molar-refractivity contribution is 6.06. The molecule has 0 aromatic heterocycles. The van der Waals surface area contributed by atoms with Crippen molar-refractivity contribution < 1.29 is 72.9 Å². The zero-order valence-corrected chi connectivity index (χ0v) is 31.1. The molecule has 0 bridgehead atoms. The third-order valence-corrected chi connectivity index (χ3v) is 11.5. The molecule has 1 saturated heterocycles. The molecule has 2 fully saturated rings. The Bertz CT molecular complexity index is 2060. The van der Waals surface area contributed by atoms with Crippen molar-refractivity contribution >= 4 is 23.4 Å². The summed E-state index contributed by atoms with van der Waals surface area (Å²) in [6.45, 7) is 1.01. The monoisotopic (exact) mass is 792 g/mol. The van der Waals surface area contributed by atoms with E-state index in [-0.39, 0.29) is 17.5 Å². The maximum Gasteiger partial charge on any atom is 0.311 e. The molecule has 9 atom stereocenters. The van der Waals surface area contributed by atoms with Crippen LogP contribution in [0.2, 0.25) is 0 Å². The minimum atomic E-state index is -1.90. The number of aliphatic carboxylic acids is 1. The Kier molecular flexibility index (Phi) is 10.2. The second-order valence-electron chi connectivity index (χ2n) is 15.1. The average molecular weight is 793 g/mol. The lowest BCUT2D eigenvalue weighted by molar-refractivity contribution is -0.848. The maximum atomic E-state index is 12.7. The molecule has 8 rings (SSSR count). The van der Waals surface area contributed by atoms with E-state index in [1.165, 1.54) is 0 Å². The van der Waals surface area contributed by atoms with E-state index in [2.05, 4.69) is 11.2 Å². The van der Waals surface area contributed by atoms with Crippen LogP contribution in [-0.4, -0.2) is 108 Å². The normalized spacial score (nSPS) is 29.6. The summed E-state index contributed by atoms with van der Waals surface area (Å²) in [7, 11) is 3.09. The van der Waals surface area contributed by atoms with Crippen LogP contribution in [0, 0.1) is 0 Å². The predicted octanol–water partition coefficient (Wildman–Crippen LogP) is -2.07. The summed E-state index contributed by atoms with van der Waals surface area (Å²) >= 11 is 0. The number of quaternary nitrogens is 1. The van der Waals surface area contributed by atoms with Gasteiger partial charge in [-0.05, 0) is 31.1 Å². The van der Waals surface area contributed by atoms with Crippen LogP contribution >= 0.6 is 0 Å². The standard InChI is InChI=1S/C39H44N4O14/c1-51-23-4-3-21-28-34(55-32(21)33(23)52-2)27-18(15-43-14-17-7-10-42-22(17)16-43)11-20(12-24(27)57-39(28)8-5-19(44)6-9-39)53-38-31(50)29(48)30(49)35(56-38)36(37(40)41)54-26(47)13-25(45)46/h3-4,7,10-12,14,28-31,34-38,48-50H,5-6,8-9,13,15-16,40-41H2,1-2H3,(H,45,46)/t28-,29-,30-,31+,34+,35-,36-,38-/m0/s1. The molecule has 0 radical (unpaired) electrons. The van der Waals surface area contributed by atoms with Gasteiger partial charge in [-0.15, -0.1) is 0 Å². The first-order valence-corrected chi connectivity index (χ1v) is 18.7. The first-order valence-electron chi connectivity index (χ1n) is 18.7. The molecule has 8 N–H and O–H groups in total. The number of hydrogen-bond donors (Lipinski definition) is 6. The number of hydrogen-bond acceptors (Lipinski definition) is 17. The third-order valence-electron chi connectivity index (χ3n) is 11.5. The number of aliphatic hydroxyl groups excluding tert-OH is 3. The second kappa shape index (κ2) is 15.0. The molecule has 2 aromatic carbocycles. The number of carbonyl (C=O) groups is 3. The lowest BCUT2D eigenvalue weighted by Gasteiger charge is -2.48. The third kappa shape index (κ3) is 6.90. The molecule has 1 spiro atoms. The number of esters is 1. The lowest BCUT2D eigenvalue weighted by atomic mass is 9.67. The number of carboxylic acids is 1. The number of allylic oxidation sites excluding steroid dienone is 1. The fourth-order valence-corrected chi connectivity index (χ4v) is 8.90. The molecule has 1 aliphatic carbocycles. The topological polar surface area (TPSA) is 268 Å². The lowest BCUT2D eigenvalue weighted by Crippen LogP contribution is -3.05. The maximum absolute atomic E-state index is 12.7. The summed E-state index contributed by atoms with van der Waals surface area (Å²) in [5, 5.41) is 44.0. The van der Waals surface area contributed by atoms with E-state index in [1.807, 2.05) is 18.2 Å². The molecule has 18 heteroatoms. The van der Waals surface area contributed by atoms with E-state index in [4.69, 9.17) is 44.6 Å². The number of methoxy groups -OCH3 is 2. The van der Waals surface area contributed by atoms with Crippen molar-refractivity contribution in [1.29, 1.82) is 0 Å². The molecule has 6 aliphatic rings. The number of nitrogens with zero attached hydrogens (tertiary/aromatic N) is 1. The van der Waals surface area contributed by atoms with Crippen molar-refractivity contribution in [2.45, 2.75) is 99.2 Å². The van der Waals surface area contributed by atoms with Crippen molar-refractivity contribution in [1.82, 2.24) is 0 Å². The van der Waals surface area contributed by atoms with Gasteiger partial charge in [-0.3, -0.25) is 19.5 Å². The summed E-state index contributed by atoms with van der Waals surface area (Å²) in [6.07, 6.45) is -6.71. The second-order valence-corrected chi connectivity index (χ2v) is 15.1. The van der Waals surface area contributed by atoms with Crippen LogP contribution in [0.25, 0.3) is 0 Å². The summed E-state index contributed by atoms with van der Waals surface area (Å²) < 4.78 is 42.7. The highest BCUT2D eigenvalue weighted by Gasteiger charge is 2.58. The van der Waals surface area contributed by atoms with Gasteiger partial charge in [0.05, 0.1) is 44.3 Å². The van der Waals surface area contributed by atoms with Crippen LogP contribution in [-0.2, 0) is 30.4 Å². The molecule has 18 nitrogen and oxygen atoms in total. The number of Topliss-reactive ketones (excluding diaryl/α,β-unsaturated/α-hetero) is 1. The van der Waals surface area contributed by atoms with Crippen molar-refractivity contribution in [2.24, 2.45) is 16.5 Å². The Morgan fingerprint density at radius 3 is 2.54 bits per heavy atom. The molecular formula is C39H44N4O14. The van der Waals surface area contributed by atoms with Crippen LogP contribution in [0.15, 0.2) is 53.3 Å². The number of carbonyl (C=O) groups excluding carboxylic acids is 3. The van der Waals surface area contributed by atoms with E-state index in [1.54, 1.807) is 32.6 Å². The van der Waals surface area contributed by atoms with Gasteiger partial charge in [0.15, 0.2) is 17.6 Å². The Labute approximate surface area is 326 Å². The minimum Gasteiger partial charge on any atom is -0.550 e. The first kappa shape index (κ1) is 38.8. The summed E-state index contributed by atoms with van der Waals surface area (Å²) in [4.78, 5) is 41.5. The molecule has 1 unspecified atom stereocenters. The average Bonchev–Trinajstić information content (AvgIpc) is 3.89. The number of nitrogens with one attached hydrogen (secondary N) is 1. The van der Waals surface area contributed by atoms with Gasteiger partial charge in [-0.25, -0.2) is 0 Å². The van der Waals surface area contributed by atoms with E-state index in [9.17, 15) is 34.8 Å². The Morgan fingerprint density at radius 1 is 1.09 bits per heavy atom. The molecule has 5 heterocycles. The zero-order chi connectivity index (χ0) is 40.3. The van der Waals surface area contributed by atoms with Crippen LogP contribution in [0.1, 0.15) is 60.8 Å². The number of benzene rings is 2. The molecule has 5 aliphatic heterocycles. The molecule has 304 valence electrons. The van der Waals surface area contributed by atoms with E-state index in [0.717, 1.165) is 32.9 Å². The minimum absolute atomic E-state index is 0.128. The number of nitrogens with two attached hydrogens (primary N) is 2. The van der Waals surface area contributed by atoms with Gasteiger partial charge in [-0.1, -0.05) is 6.07 Å². The summed E-state index contributed by atoms with van der Waals surface area (Å²) in [6, 6.07) is 7.14. The van der Waals surface area contributed by atoms with Crippen LogP contribution in [0.4, 0.5) is 0 Å². The number of aliphatic imine (C=N–C) groups is 1. The van der Waals surface area contributed by atoms with Gasteiger partial charge >= 0.3 is 5.97 Å². The number of rotatable bonds is 11. The van der Waals surface area contributed by atoms with Gasteiger partial charge in [0.2, 0.25) is 12.0 Å². The zero-order valence-electron chi connectivity index (χ0n) is 31.1.